The van der Waals surface area contributed by atoms with Crippen molar-refractivity contribution >= 4 is 17.6 Å². The summed E-state index contributed by atoms with van der Waals surface area (Å²) in [6, 6.07) is 14.6. The summed E-state index contributed by atoms with van der Waals surface area (Å²) in [7, 11) is 0. The number of piperazine rings is 1. The van der Waals surface area contributed by atoms with Gasteiger partial charge in [0.2, 0.25) is 0 Å². The van der Waals surface area contributed by atoms with Crippen molar-refractivity contribution in [2.45, 2.75) is 37.6 Å². The van der Waals surface area contributed by atoms with Crippen LogP contribution in [0.4, 0.5) is 14.9 Å². The van der Waals surface area contributed by atoms with Crippen molar-refractivity contribution in [3.8, 4) is 0 Å². The molecule has 0 saturated carbocycles. The molecule has 2 heterocycles. The third kappa shape index (κ3) is 4.47. The van der Waals surface area contributed by atoms with Crippen molar-refractivity contribution in [3.05, 3.63) is 65.5 Å². The van der Waals surface area contributed by atoms with Gasteiger partial charge in [-0.2, -0.15) is 0 Å². The van der Waals surface area contributed by atoms with Crippen molar-refractivity contribution < 1.29 is 14.0 Å². The van der Waals surface area contributed by atoms with Crippen LogP contribution < -0.4 is 10.2 Å². The van der Waals surface area contributed by atoms with E-state index in [1.54, 1.807) is 0 Å². The second-order valence-electron chi connectivity index (χ2n) is 9.43. The number of fused-ring (bicyclic) bond motifs is 1. The van der Waals surface area contributed by atoms with Gasteiger partial charge in [-0.3, -0.25) is 14.6 Å². The lowest BCUT2D eigenvalue weighted by molar-refractivity contribution is -0.131. The van der Waals surface area contributed by atoms with Gasteiger partial charge in [0, 0.05) is 44.8 Å². The molecule has 7 heteroatoms. The van der Waals surface area contributed by atoms with Crippen molar-refractivity contribution in [1.29, 1.82) is 0 Å². The number of hydrogen-bond acceptors (Lipinski definition) is 4. The number of unbranched alkanes of at least 4 members (excludes halogenated alkanes) is 1. The highest BCUT2D eigenvalue weighted by Crippen LogP contribution is 2.33. The standard InChI is InChI=1S/C26H31FN4O2/c27-22-7-9-23(10-8-22)30-17-15-29(16-18-30)13-3-4-14-31-24(32)26(28-25(31)33)12-11-20-5-1-2-6-21(20)19-26/h1-2,5-10H,3-4,11-19H2,(H,28,33). The van der Waals surface area contributed by atoms with Crippen LogP contribution in [0.1, 0.15) is 30.4 Å². The molecule has 174 valence electrons. The van der Waals surface area contributed by atoms with Crippen LogP contribution >= 0.6 is 0 Å². The number of urea groups is 1. The van der Waals surface area contributed by atoms with Gasteiger partial charge in [-0.05, 0) is 67.6 Å². The lowest BCUT2D eigenvalue weighted by Gasteiger charge is -2.36. The zero-order valence-corrected chi connectivity index (χ0v) is 18.9. The Bertz CT molecular complexity index is 1020. The highest BCUT2D eigenvalue weighted by atomic mass is 19.1. The van der Waals surface area contributed by atoms with Gasteiger partial charge < -0.3 is 10.2 Å². The Kier molecular flexibility index (Phi) is 6.06. The first-order valence-corrected chi connectivity index (χ1v) is 12.0. The van der Waals surface area contributed by atoms with Crippen molar-refractivity contribution in [2.75, 3.05) is 44.2 Å². The highest BCUT2D eigenvalue weighted by Gasteiger charge is 2.51. The number of halogens is 1. The summed E-state index contributed by atoms with van der Waals surface area (Å²) in [6.45, 7) is 5.19. The minimum atomic E-state index is -0.762. The smallest absolute Gasteiger partial charge is 0.325 e. The first-order valence-electron chi connectivity index (χ1n) is 12.0. The number of benzene rings is 2. The van der Waals surface area contributed by atoms with Gasteiger partial charge in [0.15, 0.2) is 0 Å². The van der Waals surface area contributed by atoms with E-state index in [0.717, 1.165) is 57.7 Å². The number of rotatable bonds is 6. The highest BCUT2D eigenvalue weighted by molar-refractivity contribution is 6.07. The lowest BCUT2D eigenvalue weighted by Crippen LogP contribution is -2.51. The minimum absolute atomic E-state index is 0.0603. The number of carbonyl (C=O) groups is 2. The van der Waals surface area contributed by atoms with Crippen LogP contribution in [0.15, 0.2) is 48.5 Å². The molecule has 1 aliphatic carbocycles. The van der Waals surface area contributed by atoms with Gasteiger partial charge in [0.1, 0.15) is 11.4 Å². The van der Waals surface area contributed by atoms with Crippen molar-refractivity contribution in [2.24, 2.45) is 0 Å². The molecule has 0 radical (unpaired) electrons. The molecule has 1 N–H and O–H groups in total. The van der Waals surface area contributed by atoms with Crippen LogP contribution in [-0.2, 0) is 17.6 Å². The third-order valence-corrected chi connectivity index (χ3v) is 7.35. The van der Waals surface area contributed by atoms with E-state index in [-0.39, 0.29) is 17.8 Å². The van der Waals surface area contributed by atoms with Crippen molar-refractivity contribution in [1.82, 2.24) is 15.1 Å². The fourth-order valence-corrected chi connectivity index (χ4v) is 5.39. The van der Waals surface area contributed by atoms with Crippen LogP contribution in [0.2, 0.25) is 0 Å². The van der Waals surface area contributed by atoms with E-state index in [2.05, 4.69) is 27.2 Å². The van der Waals surface area contributed by atoms with E-state index >= 15 is 0 Å². The van der Waals surface area contributed by atoms with Gasteiger partial charge in [0.05, 0.1) is 0 Å². The largest absolute Gasteiger partial charge is 0.369 e. The van der Waals surface area contributed by atoms with E-state index in [4.69, 9.17) is 0 Å². The predicted molar refractivity (Wildman–Crippen MR) is 126 cm³/mol. The molecular weight excluding hydrogens is 419 g/mol. The maximum Gasteiger partial charge on any atom is 0.325 e. The Balaban J connectivity index is 1.07. The maximum absolute atomic E-state index is 13.2. The SMILES string of the molecule is O=C1NC2(CCc3ccccc3C2)C(=O)N1CCCCN1CCN(c2ccc(F)cc2)CC1. The van der Waals surface area contributed by atoms with Gasteiger partial charge in [-0.25, -0.2) is 9.18 Å². The number of anilines is 1. The van der Waals surface area contributed by atoms with E-state index in [1.807, 2.05) is 24.3 Å². The molecular formula is C26H31FN4O2. The monoisotopic (exact) mass is 450 g/mol. The van der Waals surface area contributed by atoms with E-state index in [0.29, 0.717) is 19.4 Å². The summed E-state index contributed by atoms with van der Waals surface area (Å²) in [5.41, 5.74) is 2.75. The molecule has 2 aromatic rings. The molecule has 6 nitrogen and oxygen atoms in total. The van der Waals surface area contributed by atoms with Crippen LogP contribution in [-0.4, -0.2) is 66.5 Å². The molecule has 33 heavy (non-hydrogen) atoms. The number of amides is 3. The summed E-state index contributed by atoms with van der Waals surface area (Å²) in [5, 5.41) is 3.02. The van der Waals surface area contributed by atoms with Crippen LogP contribution in [0.25, 0.3) is 0 Å². The number of nitrogens with one attached hydrogen (secondary N) is 1. The van der Waals surface area contributed by atoms with Gasteiger partial charge in [0.25, 0.3) is 5.91 Å². The molecule has 2 aromatic carbocycles. The van der Waals surface area contributed by atoms with Crippen LogP contribution in [0.5, 0.6) is 0 Å². The van der Waals surface area contributed by atoms with E-state index in [1.165, 1.54) is 28.2 Å². The Hall–Kier alpha value is -2.93. The molecule has 1 atom stereocenters. The number of hydrogen-bond donors (Lipinski definition) is 1. The number of imide groups is 1. The Morgan fingerprint density at radius 2 is 1.58 bits per heavy atom. The molecule has 0 bridgehead atoms. The molecule has 2 saturated heterocycles. The fourth-order valence-electron chi connectivity index (χ4n) is 5.39. The summed E-state index contributed by atoms with van der Waals surface area (Å²) < 4.78 is 13.1. The summed E-state index contributed by atoms with van der Waals surface area (Å²) >= 11 is 0. The Morgan fingerprint density at radius 1 is 0.879 bits per heavy atom. The van der Waals surface area contributed by atoms with E-state index in [9.17, 15) is 14.0 Å². The minimum Gasteiger partial charge on any atom is -0.369 e. The van der Waals surface area contributed by atoms with Crippen LogP contribution in [0.3, 0.4) is 0 Å². The molecule has 2 fully saturated rings. The van der Waals surface area contributed by atoms with E-state index < -0.39 is 5.54 Å². The molecule has 3 aliphatic rings. The first-order chi connectivity index (χ1) is 16.0. The lowest BCUT2D eigenvalue weighted by atomic mass is 9.78. The quantitative estimate of drug-likeness (QED) is 0.543. The molecule has 2 aliphatic heterocycles. The van der Waals surface area contributed by atoms with Gasteiger partial charge in [-0.1, -0.05) is 24.3 Å². The van der Waals surface area contributed by atoms with Crippen molar-refractivity contribution in [3.63, 3.8) is 0 Å². The fraction of sp³-hybridized carbons (Fsp3) is 0.462. The molecule has 0 aromatic heterocycles. The summed E-state index contributed by atoms with van der Waals surface area (Å²) in [6.07, 6.45) is 3.83. The zero-order chi connectivity index (χ0) is 22.8. The topological polar surface area (TPSA) is 55.9 Å². The summed E-state index contributed by atoms with van der Waals surface area (Å²) in [4.78, 5) is 31.9. The van der Waals surface area contributed by atoms with Gasteiger partial charge in [-0.15, -0.1) is 0 Å². The predicted octanol–water partition coefficient (Wildman–Crippen LogP) is 3.21. The normalized spacial score (nSPS) is 23.2. The average Bonchev–Trinajstić information content (AvgIpc) is 3.06. The first kappa shape index (κ1) is 21.9. The Labute approximate surface area is 194 Å². The van der Waals surface area contributed by atoms with Crippen LogP contribution in [0, 0.1) is 5.82 Å². The second-order valence-corrected chi connectivity index (χ2v) is 9.43. The summed E-state index contributed by atoms with van der Waals surface area (Å²) in [5.74, 6) is -0.267. The second kappa shape index (κ2) is 9.14. The number of carbonyl (C=O) groups excluding carboxylic acids is 2. The average molecular weight is 451 g/mol. The molecule has 5 rings (SSSR count). The molecule has 1 spiro atoms. The van der Waals surface area contributed by atoms with Gasteiger partial charge >= 0.3 is 6.03 Å². The zero-order valence-electron chi connectivity index (χ0n) is 18.9. The number of nitrogens with zero attached hydrogens (tertiary/aromatic N) is 3. The Morgan fingerprint density at radius 3 is 2.33 bits per heavy atom. The third-order valence-electron chi connectivity index (χ3n) is 7.35. The molecule has 1 unspecified atom stereocenters. The molecule has 3 amide bonds. The number of aryl methyl sites for hydroxylation is 1. The maximum atomic E-state index is 13.2.